The van der Waals surface area contributed by atoms with Gasteiger partial charge in [0.05, 0.1) is 6.61 Å². The Morgan fingerprint density at radius 2 is 2.29 bits per heavy atom. The third-order valence-corrected chi connectivity index (χ3v) is 0.596. The minimum Gasteiger partial charge on any atom is -0.381 e. The molecule has 0 aromatic carbocycles. The largest absolute Gasteiger partial charge is 0.381 e. The van der Waals surface area contributed by atoms with Gasteiger partial charge >= 0.3 is 0 Å². The van der Waals surface area contributed by atoms with E-state index in [9.17, 15) is 0 Å². The standard InChI is InChI=1S/C6H11O/c1-3-4-5-6-7-2/h4-5H,1,3,6H2,2H3. The Morgan fingerprint density at radius 1 is 1.57 bits per heavy atom. The molecule has 1 nitrogen and oxygen atoms in total. The fraction of sp³-hybridized carbons (Fsp3) is 0.500. The van der Waals surface area contributed by atoms with Crippen molar-refractivity contribution in [3.05, 3.63) is 19.1 Å². The summed E-state index contributed by atoms with van der Waals surface area (Å²) in [6.07, 6.45) is 4.78. The van der Waals surface area contributed by atoms with Crippen molar-refractivity contribution in [1.29, 1.82) is 0 Å². The van der Waals surface area contributed by atoms with Crippen LogP contribution in [0.1, 0.15) is 6.42 Å². The van der Waals surface area contributed by atoms with E-state index in [0.29, 0.717) is 6.61 Å². The molecule has 7 heavy (non-hydrogen) atoms. The monoisotopic (exact) mass is 99.1 g/mol. The summed E-state index contributed by atoms with van der Waals surface area (Å²) in [5.74, 6) is 0. The number of hydrogen-bond acceptors (Lipinski definition) is 1. The molecule has 41 valence electrons. The molecule has 0 bridgehead atoms. The molecule has 0 saturated carbocycles. The Balaban J connectivity index is 2.78. The summed E-state index contributed by atoms with van der Waals surface area (Å²) >= 11 is 0. The molecule has 0 aliphatic rings. The molecular weight excluding hydrogens is 88.1 g/mol. The van der Waals surface area contributed by atoms with Gasteiger partial charge in [-0.1, -0.05) is 12.2 Å². The Morgan fingerprint density at radius 3 is 2.71 bits per heavy atom. The number of ether oxygens (including phenoxy) is 1. The number of methoxy groups -OCH3 is 1. The lowest BCUT2D eigenvalue weighted by Crippen LogP contribution is -1.78. The first-order valence-electron chi connectivity index (χ1n) is 2.35. The molecule has 0 fully saturated rings. The van der Waals surface area contributed by atoms with Gasteiger partial charge in [-0.2, -0.15) is 0 Å². The normalized spacial score (nSPS) is 10.6. The SMILES string of the molecule is [CH2]CC=CCOC. The second-order valence-corrected chi connectivity index (χ2v) is 1.22. The van der Waals surface area contributed by atoms with Gasteiger partial charge in [-0.3, -0.25) is 0 Å². The minimum atomic E-state index is 0.704. The first kappa shape index (κ1) is 6.70. The van der Waals surface area contributed by atoms with Crippen molar-refractivity contribution in [3.63, 3.8) is 0 Å². The average Bonchev–Trinajstić information content (AvgIpc) is 1.69. The highest BCUT2D eigenvalue weighted by Crippen LogP contribution is 1.77. The second kappa shape index (κ2) is 5.70. The van der Waals surface area contributed by atoms with Gasteiger partial charge in [-0.05, 0) is 13.3 Å². The molecule has 0 heterocycles. The predicted octanol–water partition coefficient (Wildman–Crippen LogP) is 1.41. The first-order valence-corrected chi connectivity index (χ1v) is 2.35. The van der Waals surface area contributed by atoms with Crippen LogP contribution in [0.25, 0.3) is 0 Å². The van der Waals surface area contributed by atoms with Crippen molar-refractivity contribution in [1.82, 2.24) is 0 Å². The highest BCUT2D eigenvalue weighted by atomic mass is 16.5. The van der Waals surface area contributed by atoms with E-state index in [1.807, 2.05) is 12.2 Å². The minimum absolute atomic E-state index is 0.704. The third kappa shape index (κ3) is 5.70. The van der Waals surface area contributed by atoms with E-state index in [2.05, 4.69) is 6.92 Å². The van der Waals surface area contributed by atoms with Gasteiger partial charge in [0.2, 0.25) is 0 Å². The Kier molecular flexibility index (Phi) is 5.46. The van der Waals surface area contributed by atoms with Gasteiger partial charge in [-0.25, -0.2) is 0 Å². The van der Waals surface area contributed by atoms with E-state index < -0.39 is 0 Å². The summed E-state index contributed by atoms with van der Waals surface area (Å²) in [6.45, 7) is 4.32. The maximum Gasteiger partial charge on any atom is 0.0643 e. The fourth-order valence-electron chi connectivity index (χ4n) is 0.282. The summed E-state index contributed by atoms with van der Waals surface area (Å²) in [5, 5.41) is 0. The molecule has 0 saturated heterocycles. The molecule has 0 aliphatic heterocycles. The summed E-state index contributed by atoms with van der Waals surface area (Å²) in [4.78, 5) is 0. The molecule has 1 heteroatoms. The number of hydrogen-bond donors (Lipinski definition) is 0. The van der Waals surface area contributed by atoms with Crippen molar-refractivity contribution in [3.8, 4) is 0 Å². The van der Waals surface area contributed by atoms with Crippen molar-refractivity contribution in [2.24, 2.45) is 0 Å². The van der Waals surface area contributed by atoms with E-state index >= 15 is 0 Å². The van der Waals surface area contributed by atoms with Crippen LogP contribution in [0, 0.1) is 6.92 Å². The molecule has 0 amide bonds. The molecule has 0 aromatic heterocycles. The van der Waals surface area contributed by atoms with E-state index in [-0.39, 0.29) is 0 Å². The molecular formula is C6H11O. The summed E-state index contributed by atoms with van der Waals surface area (Å²) in [6, 6.07) is 0. The predicted molar refractivity (Wildman–Crippen MR) is 31.0 cm³/mol. The van der Waals surface area contributed by atoms with Crippen molar-refractivity contribution >= 4 is 0 Å². The third-order valence-electron chi connectivity index (χ3n) is 0.596. The summed E-state index contributed by atoms with van der Waals surface area (Å²) < 4.78 is 4.73. The highest BCUT2D eigenvalue weighted by Gasteiger charge is 1.66. The van der Waals surface area contributed by atoms with Gasteiger partial charge in [0.1, 0.15) is 0 Å². The molecule has 0 aromatic rings. The van der Waals surface area contributed by atoms with Crippen LogP contribution >= 0.6 is 0 Å². The van der Waals surface area contributed by atoms with Crippen molar-refractivity contribution < 1.29 is 4.74 Å². The van der Waals surface area contributed by atoms with Crippen LogP contribution in [0.5, 0.6) is 0 Å². The topological polar surface area (TPSA) is 9.23 Å². The molecule has 0 atom stereocenters. The van der Waals surface area contributed by atoms with Crippen LogP contribution in [0.4, 0.5) is 0 Å². The highest BCUT2D eigenvalue weighted by molar-refractivity contribution is 4.81. The number of rotatable bonds is 3. The van der Waals surface area contributed by atoms with Gasteiger partial charge in [0.15, 0.2) is 0 Å². The van der Waals surface area contributed by atoms with Crippen molar-refractivity contribution in [2.75, 3.05) is 13.7 Å². The lowest BCUT2D eigenvalue weighted by molar-refractivity contribution is 0.233. The van der Waals surface area contributed by atoms with E-state index in [4.69, 9.17) is 4.74 Å². The maximum atomic E-state index is 4.73. The van der Waals surface area contributed by atoms with Gasteiger partial charge in [-0.15, -0.1) is 0 Å². The van der Waals surface area contributed by atoms with Crippen LogP contribution in [-0.4, -0.2) is 13.7 Å². The Bertz CT molecular complexity index is 48.1. The van der Waals surface area contributed by atoms with Crippen LogP contribution in [0.3, 0.4) is 0 Å². The summed E-state index contributed by atoms with van der Waals surface area (Å²) in [5.41, 5.74) is 0. The summed E-state index contributed by atoms with van der Waals surface area (Å²) in [7, 11) is 1.67. The second-order valence-electron chi connectivity index (χ2n) is 1.22. The smallest absolute Gasteiger partial charge is 0.0643 e. The first-order chi connectivity index (χ1) is 3.41. The zero-order chi connectivity index (χ0) is 5.54. The maximum absolute atomic E-state index is 4.73. The lowest BCUT2D eigenvalue weighted by Gasteiger charge is -1.83. The molecule has 0 aliphatic carbocycles. The van der Waals surface area contributed by atoms with Crippen LogP contribution < -0.4 is 0 Å². The van der Waals surface area contributed by atoms with E-state index in [1.165, 1.54) is 0 Å². The zero-order valence-electron chi connectivity index (χ0n) is 4.68. The van der Waals surface area contributed by atoms with Gasteiger partial charge in [0.25, 0.3) is 0 Å². The molecule has 0 spiro atoms. The van der Waals surface area contributed by atoms with Crippen LogP contribution in [-0.2, 0) is 4.74 Å². The lowest BCUT2D eigenvalue weighted by atomic mass is 10.4. The fourth-order valence-corrected chi connectivity index (χ4v) is 0.282. The van der Waals surface area contributed by atoms with Gasteiger partial charge < -0.3 is 4.74 Å². The average molecular weight is 99.2 g/mol. The Hall–Kier alpha value is -0.300. The van der Waals surface area contributed by atoms with Crippen LogP contribution in [0.2, 0.25) is 0 Å². The number of allylic oxidation sites excluding steroid dienone is 1. The van der Waals surface area contributed by atoms with E-state index in [1.54, 1.807) is 7.11 Å². The zero-order valence-corrected chi connectivity index (χ0v) is 4.68. The molecule has 0 unspecified atom stereocenters. The Labute approximate surface area is 45.0 Å². The molecule has 1 radical (unpaired) electrons. The van der Waals surface area contributed by atoms with Gasteiger partial charge in [0, 0.05) is 7.11 Å². The quantitative estimate of drug-likeness (QED) is 0.486. The van der Waals surface area contributed by atoms with Crippen LogP contribution in [0.15, 0.2) is 12.2 Å². The molecule has 0 N–H and O–H groups in total. The molecule has 0 rings (SSSR count). The van der Waals surface area contributed by atoms with E-state index in [0.717, 1.165) is 6.42 Å². The van der Waals surface area contributed by atoms with Crippen molar-refractivity contribution in [2.45, 2.75) is 6.42 Å².